The molecule has 0 aliphatic rings. The molecule has 1 aromatic heterocycles. The Morgan fingerprint density at radius 1 is 1.12 bits per heavy atom. The van der Waals surface area contributed by atoms with Gasteiger partial charge in [0.25, 0.3) is 0 Å². The van der Waals surface area contributed by atoms with Crippen LogP contribution in [-0.4, -0.2) is 16.5 Å². The lowest BCUT2D eigenvalue weighted by Gasteiger charge is -2.16. The van der Waals surface area contributed by atoms with Crippen molar-refractivity contribution < 1.29 is 0 Å². The van der Waals surface area contributed by atoms with Crippen molar-refractivity contribution in [3.63, 3.8) is 0 Å². The number of aromatic nitrogens is 2. The van der Waals surface area contributed by atoms with Crippen LogP contribution in [0.25, 0.3) is 0 Å². The van der Waals surface area contributed by atoms with E-state index in [1.807, 2.05) is 13.8 Å². The number of aryl methyl sites for hydroxylation is 1. The molecule has 0 amide bonds. The highest BCUT2D eigenvalue weighted by Crippen LogP contribution is 2.19. The second-order valence-corrected chi connectivity index (χ2v) is 4.30. The van der Waals surface area contributed by atoms with Gasteiger partial charge in [-0.1, -0.05) is 26.7 Å². The SMILES string of the molecule is CCC(CC)CNc1nc(C)nc(NN)c1C. The largest absolute Gasteiger partial charge is 0.369 e. The average Bonchev–Trinajstić information content (AvgIpc) is 2.34. The lowest BCUT2D eigenvalue weighted by Crippen LogP contribution is -2.17. The first-order valence-corrected chi connectivity index (χ1v) is 6.18. The second kappa shape index (κ2) is 6.39. The van der Waals surface area contributed by atoms with Crippen molar-refractivity contribution in [3.05, 3.63) is 11.4 Å². The average molecular weight is 237 g/mol. The summed E-state index contributed by atoms with van der Waals surface area (Å²) in [7, 11) is 0. The quantitative estimate of drug-likeness (QED) is 0.522. The maximum atomic E-state index is 5.43. The summed E-state index contributed by atoms with van der Waals surface area (Å²) in [6.07, 6.45) is 2.35. The van der Waals surface area contributed by atoms with Crippen molar-refractivity contribution in [2.75, 3.05) is 17.3 Å². The molecule has 5 nitrogen and oxygen atoms in total. The molecule has 0 atom stereocenters. The van der Waals surface area contributed by atoms with E-state index < -0.39 is 0 Å². The Morgan fingerprint density at radius 3 is 2.24 bits per heavy atom. The third-order valence-electron chi connectivity index (χ3n) is 3.11. The zero-order chi connectivity index (χ0) is 12.8. The summed E-state index contributed by atoms with van der Waals surface area (Å²) in [6, 6.07) is 0. The van der Waals surface area contributed by atoms with Gasteiger partial charge in [-0.2, -0.15) is 0 Å². The molecule has 5 heteroatoms. The Morgan fingerprint density at radius 2 is 1.71 bits per heavy atom. The predicted molar refractivity (Wildman–Crippen MR) is 71.9 cm³/mol. The fourth-order valence-electron chi connectivity index (χ4n) is 1.76. The maximum absolute atomic E-state index is 5.43. The molecule has 0 spiro atoms. The smallest absolute Gasteiger partial charge is 0.148 e. The molecule has 0 unspecified atom stereocenters. The topological polar surface area (TPSA) is 75.9 Å². The number of nitrogen functional groups attached to an aromatic ring is 1. The Balaban J connectivity index is 2.80. The van der Waals surface area contributed by atoms with Crippen LogP contribution < -0.4 is 16.6 Å². The molecule has 0 radical (unpaired) electrons. The van der Waals surface area contributed by atoms with Gasteiger partial charge in [0.05, 0.1) is 0 Å². The first-order chi connectivity index (χ1) is 8.12. The Labute approximate surface area is 103 Å². The van der Waals surface area contributed by atoms with Gasteiger partial charge in [0, 0.05) is 12.1 Å². The summed E-state index contributed by atoms with van der Waals surface area (Å²) in [6.45, 7) is 9.18. The van der Waals surface area contributed by atoms with Gasteiger partial charge in [-0.05, 0) is 19.8 Å². The van der Waals surface area contributed by atoms with Crippen molar-refractivity contribution in [1.82, 2.24) is 9.97 Å². The predicted octanol–water partition coefficient (Wildman–Crippen LogP) is 2.23. The number of hydrogen-bond acceptors (Lipinski definition) is 5. The van der Waals surface area contributed by atoms with Crippen LogP contribution >= 0.6 is 0 Å². The van der Waals surface area contributed by atoms with Gasteiger partial charge < -0.3 is 10.7 Å². The highest BCUT2D eigenvalue weighted by Gasteiger charge is 2.09. The van der Waals surface area contributed by atoms with E-state index in [2.05, 4.69) is 34.6 Å². The van der Waals surface area contributed by atoms with Gasteiger partial charge in [0.15, 0.2) is 0 Å². The molecular formula is C12H23N5. The van der Waals surface area contributed by atoms with Crippen LogP contribution in [-0.2, 0) is 0 Å². The van der Waals surface area contributed by atoms with E-state index in [4.69, 9.17) is 5.84 Å². The van der Waals surface area contributed by atoms with E-state index in [-0.39, 0.29) is 0 Å². The summed E-state index contributed by atoms with van der Waals surface area (Å²) in [5.74, 6) is 8.38. The first-order valence-electron chi connectivity index (χ1n) is 6.18. The molecule has 0 bridgehead atoms. The Bertz CT molecular complexity index is 360. The van der Waals surface area contributed by atoms with Gasteiger partial charge in [-0.15, -0.1) is 0 Å². The van der Waals surface area contributed by atoms with Crippen molar-refractivity contribution in [3.8, 4) is 0 Å². The fraction of sp³-hybridized carbons (Fsp3) is 0.667. The van der Waals surface area contributed by atoms with Crippen LogP contribution in [0.15, 0.2) is 0 Å². The van der Waals surface area contributed by atoms with Crippen LogP contribution in [0.5, 0.6) is 0 Å². The van der Waals surface area contributed by atoms with Gasteiger partial charge in [0.2, 0.25) is 0 Å². The molecule has 17 heavy (non-hydrogen) atoms. The molecule has 96 valence electrons. The van der Waals surface area contributed by atoms with Gasteiger partial charge in [0.1, 0.15) is 17.5 Å². The van der Waals surface area contributed by atoms with Crippen molar-refractivity contribution in [1.29, 1.82) is 0 Å². The number of hydrazine groups is 1. The second-order valence-electron chi connectivity index (χ2n) is 4.30. The minimum Gasteiger partial charge on any atom is -0.369 e. The number of anilines is 2. The van der Waals surface area contributed by atoms with Crippen LogP contribution in [0.2, 0.25) is 0 Å². The molecule has 0 aliphatic heterocycles. The van der Waals surface area contributed by atoms with Crippen LogP contribution in [0.3, 0.4) is 0 Å². The number of nitrogens with one attached hydrogen (secondary N) is 2. The maximum Gasteiger partial charge on any atom is 0.148 e. The third-order valence-corrected chi connectivity index (χ3v) is 3.11. The zero-order valence-corrected chi connectivity index (χ0v) is 11.2. The third kappa shape index (κ3) is 3.56. The Hall–Kier alpha value is -1.36. The lowest BCUT2D eigenvalue weighted by atomic mass is 10.0. The van der Waals surface area contributed by atoms with Crippen molar-refractivity contribution in [2.24, 2.45) is 11.8 Å². The number of hydrogen-bond donors (Lipinski definition) is 3. The van der Waals surface area contributed by atoms with Crippen molar-refractivity contribution >= 4 is 11.6 Å². The highest BCUT2D eigenvalue weighted by molar-refractivity contribution is 5.56. The molecular weight excluding hydrogens is 214 g/mol. The molecule has 0 aromatic carbocycles. The van der Waals surface area contributed by atoms with E-state index in [1.54, 1.807) is 0 Å². The molecule has 1 rings (SSSR count). The number of nitrogens with two attached hydrogens (primary N) is 1. The zero-order valence-electron chi connectivity index (χ0n) is 11.2. The summed E-state index contributed by atoms with van der Waals surface area (Å²) >= 11 is 0. The van der Waals surface area contributed by atoms with Gasteiger partial charge >= 0.3 is 0 Å². The lowest BCUT2D eigenvalue weighted by molar-refractivity contribution is 0.518. The normalized spacial score (nSPS) is 10.7. The summed E-state index contributed by atoms with van der Waals surface area (Å²) < 4.78 is 0. The van der Waals surface area contributed by atoms with E-state index in [0.717, 1.165) is 23.8 Å². The molecule has 0 aliphatic carbocycles. The molecule has 1 aromatic rings. The van der Waals surface area contributed by atoms with Gasteiger partial charge in [-0.3, -0.25) is 0 Å². The fourth-order valence-corrected chi connectivity index (χ4v) is 1.76. The standard InChI is InChI=1S/C12H23N5/c1-5-10(6-2)7-14-11-8(3)12(17-13)16-9(4)15-11/h10H,5-7,13H2,1-4H3,(H2,14,15,16,17). The molecule has 0 saturated carbocycles. The summed E-state index contributed by atoms with van der Waals surface area (Å²) in [4.78, 5) is 8.64. The van der Waals surface area contributed by atoms with Gasteiger partial charge in [-0.25, -0.2) is 15.8 Å². The van der Waals surface area contributed by atoms with Crippen LogP contribution in [0.4, 0.5) is 11.6 Å². The van der Waals surface area contributed by atoms with E-state index in [9.17, 15) is 0 Å². The molecule has 0 fully saturated rings. The Kier molecular flexibility index (Phi) is 5.15. The highest BCUT2D eigenvalue weighted by atomic mass is 15.3. The molecule has 4 N–H and O–H groups in total. The summed E-state index contributed by atoms with van der Waals surface area (Å²) in [5, 5.41) is 3.38. The van der Waals surface area contributed by atoms with E-state index in [1.165, 1.54) is 12.8 Å². The van der Waals surface area contributed by atoms with E-state index in [0.29, 0.717) is 11.7 Å². The monoisotopic (exact) mass is 237 g/mol. The first kappa shape index (κ1) is 13.7. The number of rotatable bonds is 6. The minimum atomic E-state index is 0.680. The van der Waals surface area contributed by atoms with Crippen LogP contribution in [0.1, 0.15) is 38.1 Å². The summed E-state index contributed by atoms with van der Waals surface area (Å²) in [5.41, 5.74) is 3.56. The number of nitrogens with zero attached hydrogens (tertiary/aromatic N) is 2. The van der Waals surface area contributed by atoms with Crippen molar-refractivity contribution in [2.45, 2.75) is 40.5 Å². The molecule has 0 saturated heterocycles. The van der Waals surface area contributed by atoms with Crippen LogP contribution in [0, 0.1) is 19.8 Å². The minimum absolute atomic E-state index is 0.680. The van der Waals surface area contributed by atoms with E-state index >= 15 is 0 Å². The molecule has 1 heterocycles.